The summed E-state index contributed by atoms with van der Waals surface area (Å²) in [4.78, 5) is 13.5. The fourth-order valence-electron chi connectivity index (χ4n) is 1.66. The molecule has 5 nitrogen and oxygen atoms in total. The van der Waals surface area contributed by atoms with Gasteiger partial charge in [0.05, 0.1) is 0 Å². The third-order valence-electron chi connectivity index (χ3n) is 2.60. The molecule has 16 heavy (non-hydrogen) atoms. The van der Waals surface area contributed by atoms with E-state index >= 15 is 0 Å². The summed E-state index contributed by atoms with van der Waals surface area (Å²) in [6, 6.07) is 0.109. The van der Waals surface area contributed by atoms with Gasteiger partial charge in [-0.2, -0.15) is 0 Å². The lowest BCUT2D eigenvalue weighted by atomic mass is 10.0. The smallest absolute Gasteiger partial charge is 0.243 e. The number of carbonyl (C=O) groups excluding carboxylic acids is 1. The SMILES string of the molecule is CN(C)C/C=C/C(=O)N[C@H]1CCNC[C@H]1N. The second-order valence-corrected chi connectivity index (χ2v) is 4.44. The second kappa shape index (κ2) is 6.62. The molecule has 0 aromatic heterocycles. The lowest BCUT2D eigenvalue weighted by Crippen LogP contribution is -2.56. The first kappa shape index (κ1) is 13.2. The van der Waals surface area contributed by atoms with Gasteiger partial charge in [0.15, 0.2) is 0 Å². The zero-order chi connectivity index (χ0) is 12.0. The summed E-state index contributed by atoms with van der Waals surface area (Å²) in [5, 5.41) is 6.13. The van der Waals surface area contributed by atoms with Gasteiger partial charge in [0.2, 0.25) is 5.91 Å². The van der Waals surface area contributed by atoms with Crippen molar-refractivity contribution in [2.24, 2.45) is 5.73 Å². The third kappa shape index (κ3) is 4.74. The molecule has 0 unspecified atom stereocenters. The predicted molar refractivity (Wildman–Crippen MR) is 65.1 cm³/mol. The Bertz CT molecular complexity index is 252. The van der Waals surface area contributed by atoms with Crippen LogP contribution in [-0.2, 0) is 4.79 Å². The highest BCUT2D eigenvalue weighted by atomic mass is 16.1. The minimum absolute atomic E-state index is 0.0138. The van der Waals surface area contributed by atoms with Gasteiger partial charge in [-0.1, -0.05) is 6.08 Å². The molecule has 0 radical (unpaired) electrons. The third-order valence-corrected chi connectivity index (χ3v) is 2.60. The van der Waals surface area contributed by atoms with Crippen LogP contribution in [0, 0.1) is 0 Å². The Labute approximate surface area is 97.1 Å². The summed E-state index contributed by atoms with van der Waals surface area (Å²) in [6.45, 7) is 2.46. The van der Waals surface area contributed by atoms with Crippen LogP contribution in [-0.4, -0.2) is 56.6 Å². The van der Waals surface area contributed by atoms with Crippen LogP contribution in [0.1, 0.15) is 6.42 Å². The monoisotopic (exact) mass is 226 g/mol. The summed E-state index contributed by atoms with van der Waals surface area (Å²) in [6.07, 6.45) is 4.32. The van der Waals surface area contributed by atoms with Gasteiger partial charge in [-0.05, 0) is 27.1 Å². The molecule has 0 aromatic carbocycles. The number of nitrogens with zero attached hydrogens (tertiary/aromatic N) is 1. The van der Waals surface area contributed by atoms with E-state index in [0.29, 0.717) is 0 Å². The minimum Gasteiger partial charge on any atom is -0.348 e. The van der Waals surface area contributed by atoms with Crippen molar-refractivity contribution in [3.8, 4) is 0 Å². The number of amides is 1. The van der Waals surface area contributed by atoms with Crippen LogP contribution in [0.2, 0.25) is 0 Å². The molecule has 92 valence electrons. The highest BCUT2D eigenvalue weighted by Gasteiger charge is 2.21. The maximum atomic E-state index is 11.5. The molecule has 2 atom stereocenters. The summed E-state index contributed by atoms with van der Waals surface area (Å²) in [7, 11) is 3.93. The van der Waals surface area contributed by atoms with E-state index in [1.807, 2.05) is 25.1 Å². The van der Waals surface area contributed by atoms with Crippen molar-refractivity contribution in [1.82, 2.24) is 15.5 Å². The lowest BCUT2D eigenvalue weighted by molar-refractivity contribution is -0.117. The molecule has 0 bridgehead atoms. The van der Waals surface area contributed by atoms with Crippen LogP contribution in [0.25, 0.3) is 0 Å². The molecule has 4 N–H and O–H groups in total. The summed E-state index contributed by atoms with van der Waals surface area (Å²) in [5.74, 6) is -0.0517. The van der Waals surface area contributed by atoms with Crippen LogP contribution >= 0.6 is 0 Å². The van der Waals surface area contributed by atoms with Crippen LogP contribution in [0.15, 0.2) is 12.2 Å². The highest BCUT2D eigenvalue weighted by Crippen LogP contribution is 2.01. The van der Waals surface area contributed by atoms with E-state index in [-0.39, 0.29) is 18.0 Å². The van der Waals surface area contributed by atoms with Gasteiger partial charge in [-0.25, -0.2) is 0 Å². The van der Waals surface area contributed by atoms with E-state index in [1.54, 1.807) is 6.08 Å². The fraction of sp³-hybridized carbons (Fsp3) is 0.727. The fourth-order valence-corrected chi connectivity index (χ4v) is 1.66. The number of nitrogens with one attached hydrogen (secondary N) is 2. The molecule has 0 spiro atoms. The van der Waals surface area contributed by atoms with Gasteiger partial charge in [-0.3, -0.25) is 4.79 Å². The molecule has 1 heterocycles. The first-order valence-electron chi connectivity index (χ1n) is 5.67. The van der Waals surface area contributed by atoms with Crippen LogP contribution < -0.4 is 16.4 Å². The summed E-state index contributed by atoms with van der Waals surface area (Å²) in [5.41, 5.74) is 5.89. The molecular formula is C11H22N4O. The zero-order valence-corrected chi connectivity index (χ0v) is 10.1. The number of hydrogen-bond acceptors (Lipinski definition) is 4. The van der Waals surface area contributed by atoms with Crippen molar-refractivity contribution in [3.63, 3.8) is 0 Å². The maximum absolute atomic E-state index is 11.5. The molecule has 0 aliphatic carbocycles. The Hall–Kier alpha value is -0.910. The molecule has 0 saturated carbocycles. The number of rotatable bonds is 4. The number of carbonyl (C=O) groups is 1. The van der Waals surface area contributed by atoms with Gasteiger partial charge in [-0.15, -0.1) is 0 Å². The van der Waals surface area contributed by atoms with Gasteiger partial charge < -0.3 is 21.3 Å². The predicted octanol–water partition coefficient (Wildman–Crippen LogP) is -1.09. The Morgan fingerprint density at radius 1 is 1.62 bits per heavy atom. The van der Waals surface area contributed by atoms with Crippen molar-refractivity contribution in [3.05, 3.63) is 12.2 Å². The Morgan fingerprint density at radius 2 is 2.38 bits per heavy atom. The quantitative estimate of drug-likeness (QED) is 0.533. The van der Waals surface area contributed by atoms with E-state index in [1.165, 1.54) is 0 Å². The van der Waals surface area contributed by atoms with Crippen molar-refractivity contribution in [2.45, 2.75) is 18.5 Å². The van der Waals surface area contributed by atoms with Gasteiger partial charge >= 0.3 is 0 Å². The summed E-state index contributed by atoms with van der Waals surface area (Å²) < 4.78 is 0. The highest BCUT2D eigenvalue weighted by molar-refractivity contribution is 5.87. The molecular weight excluding hydrogens is 204 g/mol. The molecule has 1 aliphatic heterocycles. The maximum Gasteiger partial charge on any atom is 0.243 e. The normalized spacial score (nSPS) is 26.2. The van der Waals surface area contributed by atoms with E-state index < -0.39 is 0 Å². The molecule has 1 saturated heterocycles. The number of piperidine rings is 1. The lowest BCUT2D eigenvalue weighted by Gasteiger charge is -2.29. The van der Waals surface area contributed by atoms with Gasteiger partial charge in [0.25, 0.3) is 0 Å². The largest absolute Gasteiger partial charge is 0.348 e. The van der Waals surface area contributed by atoms with E-state index in [4.69, 9.17) is 5.73 Å². The van der Waals surface area contributed by atoms with Crippen molar-refractivity contribution >= 4 is 5.91 Å². The van der Waals surface area contributed by atoms with Gasteiger partial charge in [0.1, 0.15) is 0 Å². The molecule has 5 heteroatoms. The van der Waals surface area contributed by atoms with E-state index in [9.17, 15) is 4.79 Å². The molecule has 0 aromatic rings. The number of nitrogens with two attached hydrogens (primary N) is 1. The second-order valence-electron chi connectivity index (χ2n) is 4.44. The average Bonchev–Trinajstić information content (AvgIpc) is 2.21. The first-order valence-corrected chi connectivity index (χ1v) is 5.67. The molecule has 1 rings (SSSR count). The Morgan fingerprint density at radius 3 is 3.00 bits per heavy atom. The van der Waals surface area contributed by atoms with Crippen molar-refractivity contribution in [1.29, 1.82) is 0 Å². The topological polar surface area (TPSA) is 70.4 Å². The van der Waals surface area contributed by atoms with E-state index in [0.717, 1.165) is 26.1 Å². The molecule has 1 fully saturated rings. The Kier molecular flexibility index (Phi) is 5.45. The average molecular weight is 226 g/mol. The number of likely N-dealkylation sites (N-methyl/N-ethyl adjacent to an activating group) is 1. The van der Waals surface area contributed by atoms with E-state index in [2.05, 4.69) is 10.6 Å². The van der Waals surface area contributed by atoms with Crippen LogP contribution in [0.4, 0.5) is 0 Å². The van der Waals surface area contributed by atoms with Crippen molar-refractivity contribution in [2.75, 3.05) is 33.7 Å². The first-order chi connectivity index (χ1) is 7.59. The van der Waals surface area contributed by atoms with Crippen LogP contribution in [0.3, 0.4) is 0 Å². The molecule has 1 aliphatic rings. The van der Waals surface area contributed by atoms with Gasteiger partial charge in [0, 0.05) is 31.2 Å². The Balaban J connectivity index is 2.30. The number of hydrogen-bond donors (Lipinski definition) is 3. The standard InChI is InChI=1S/C11H22N4O/c1-15(2)7-3-4-11(16)14-10-5-6-13-8-9(10)12/h3-4,9-10,13H,5-8,12H2,1-2H3,(H,14,16)/b4-3+/t9-,10+/m1/s1. The van der Waals surface area contributed by atoms with Crippen molar-refractivity contribution < 1.29 is 4.79 Å². The summed E-state index contributed by atoms with van der Waals surface area (Å²) >= 11 is 0. The molecule has 1 amide bonds. The van der Waals surface area contributed by atoms with Crippen LogP contribution in [0.5, 0.6) is 0 Å². The zero-order valence-electron chi connectivity index (χ0n) is 10.1. The minimum atomic E-state index is -0.0517.